The summed E-state index contributed by atoms with van der Waals surface area (Å²) in [7, 11) is 0. The number of rotatable bonds is 2. The fourth-order valence-corrected chi connectivity index (χ4v) is 1.46. The molecule has 1 aliphatic carbocycles. The van der Waals surface area contributed by atoms with Gasteiger partial charge in [-0.15, -0.1) is 10.1 Å². The van der Waals surface area contributed by atoms with E-state index in [-0.39, 0.29) is 6.10 Å². The van der Waals surface area contributed by atoms with Crippen LogP contribution in [0.5, 0.6) is 0 Å². The summed E-state index contributed by atoms with van der Waals surface area (Å²) < 4.78 is 0. The minimum absolute atomic E-state index is 0.138. The zero-order valence-electron chi connectivity index (χ0n) is 6.66. The summed E-state index contributed by atoms with van der Waals surface area (Å²) in [5.41, 5.74) is 0. The monoisotopic (exact) mass is 159 g/mol. The Morgan fingerprint density at radius 1 is 1.36 bits per heavy atom. The molecule has 0 saturated heterocycles. The molecule has 1 rings (SSSR count). The zero-order valence-corrected chi connectivity index (χ0v) is 6.66. The molecule has 0 radical (unpaired) electrons. The van der Waals surface area contributed by atoms with E-state index in [9.17, 15) is 10.1 Å². The lowest BCUT2D eigenvalue weighted by Crippen LogP contribution is -2.22. The van der Waals surface area contributed by atoms with E-state index in [4.69, 9.17) is 0 Å². The topological polar surface area (TPSA) is 52.4 Å². The Hall–Kier alpha value is -0.800. The minimum atomic E-state index is -0.680. The molecule has 0 amide bonds. The van der Waals surface area contributed by atoms with Crippen LogP contribution in [0.3, 0.4) is 0 Å². The van der Waals surface area contributed by atoms with E-state index in [0.717, 1.165) is 25.7 Å². The van der Waals surface area contributed by atoms with Crippen LogP contribution in [0.15, 0.2) is 0 Å². The van der Waals surface area contributed by atoms with E-state index in [1.807, 2.05) is 0 Å². The lowest BCUT2D eigenvalue weighted by Gasteiger charge is -2.23. The summed E-state index contributed by atoms with van der Waals surface area (Å²) in [6.07, 6.45) is 3.64. The first kappa shape index (κ1) is 8.30. The molecular weight excluding hydrogens is 146 g/mol. The van der Waals surface area contributed by atoms with Gasteiger partial charge in [-0.05, 0) is 31.6 Å². The second kappa shape index (κ2) is 3.55. The van der Waals surface area contributed by atoms with Crippen LogP contribution in [-0.2, 0) is 4.84 Å². The largest absolute Gasteiger partial charge is 0.311 e. The van der Waals surface area contributed by atoms with Gasteiger partial charge in [0.25, 0.3) is 5.09 Å². The van der Waals surface area contributed by atoms with Crippen molar-refractivity contribution in [2.24, 2.45) is 5.92 Å². The maximum absolute atomic E-state index is 9.93. The zero-order chi connectivity index (χ0) is 8.27. The van der Waals surface area contributed by atoms with E-state index < -0.39 is 5.09 Å². The van der Waals surface area contributed by atoms with Gasteiger partial charge in [-0.3, -0.25) is 0 Å². The maximum Gasteiger partial charge on any atom is 0.294 e. The highest BCUT2D eigenvalue weighted by atomic mass is 17.0. The molecule has 0 spiro atoms. The van der Waals surface area contributed by atoms with Gasteiger partial charge in [0.05, 0.1) is 0 Å². The summed E-state index contributed by atoms with van der Waals surface area (Å²) in [6, 6.07) is 0. The van der Waals surface area contributed by atoms with E-state index >= 15 is 0 Å². The third kappa shape index (κ3) is 2.74. The minimum Gasteiger partial charge on any atom is -0.311 e. The normalized spacial score (nSPS) is 31.4. The Balaban J connectivity index is 2.22. The highest BCUT2D eigenvalue weighted by molar-refractivity contribution is 4.68. The summed E-state index contributed by atoms with van der Waals surface area (Å²) >= 11 is 0. The van der Waals surface area contributed by atoms with Gasteiger partial charge in [0.1, 0.15) is 6.10 Å². The molecule has 0 aliphatic heterocycles. The van der Waals surface area contributed by atoms with Crippen molar-refractivity contribution in [2.75, 3.05) is 0 Å². The second-order valence-electron chi connectivity index (χ2n) is 3.21. The van der Waals surface area contributed by atoms with E-state index in [1.165, 1.54) is 0 Å². The van der Waals surface area contributed by atoms with Crippen molar-refractivity contribution in [3.8, 4) is 0 Å². The molecule has 4 nitrogen and oxygen atoms in total. The Morgan fingerprint density at radius 3 is 2.36 bits per heavy atom. The first-order valence-corrected chi connectivity index (χ1v) is 3.99. The summed E-state index contributed by atoms with van der Waals surface area (Å²) in [5, 5.41) is 9.25. The lowest BCUT2D eigenvalue weighted by atomic mass is 9.89. The molecule has 0 N–H and O–H groups in total. The van der Waals surface area contributed by atoms with E-state index in [2.05, 4.69) is 11.8 Å². The van der Waals surface area contributed by atoms with Crippen LogP contribution < -0.4 is 0 Å². The molecular formula is C7H13NO3. The Morgan fingerprint density at radius 2 is 1.91 bits per heavy atom. The van der Waals surface area contributed by atoms with Crippen molar-refractivity contribution in [1.82, 2.24) is 0 Å². The second-order valence-corrected chi connectivity index (χ2v) is 3.21. The quantitative estimate of drug-likeness (QED) is 0.455. The first-order chi connectivity index (χ1) is 5.18. The standard InChI is InChI=1S/C7H13NO3/c1-6-2-4-7(5-3-6)11-8(9)10/h6-7H,2-5H2,1H3. The van der Waals surface area contributed by atoms with Crippen LogP contribution in [0.1, 0.15) is 32.6 Å². The lowest BCUT2D eigenvalue weighted by molar-refractivity contribution is -0.769. The van der Waals surface area contributed by atoms with Gasteiger partial charge < -0.3 is 4.84 Å². The van der Waals surface area contributed by atoms with E-state index in [1.54, 1.807) is 0 Å². The molecule has 1 fully saturated rings. The summed E-state index contributed by atoms with van der Waals surface area (Å²) in [6.45, 7) is 2.17. The Bertz CT molecular complexity index is 141. The number of nitrogens with zero attached hydrogens (tertiary/aromatic N) is 1. The van der Waals surface area contributed by atoms with Gasteiger partial charge >= 0.3 is 0 Å². The van der Waals surface area contributed by atoms with Crippen molar-refractivity contribution in [3.05, 3.63) is 10.1 Å². The van der Waals surface area contributed by atoms with Crippen LogP contribution in [0.4, 0.5) is 0 Å². The Labute approximate surface area is 65.6 Å². The third-order valence-electron chi connectivity index (χ3n) is 2.20. The van der Waals surface area contributed by atoms with Gasteiger partial charge in [0.15, 0.2) is 0 Å². The molecule has 0 atom stereocenters. The van der Waals surface area contributed by atoms with Crippen LogP contribution in [0.2, 0.25) is 0 Å². The smallest absolute Gasteiger partial charge is 0.294 e. The number of hydrogen-bond donors (Lipinski definition) is 0. The average Bonchev–Trinajstić information content (AvgIpc) is 1.93. The highest BCUT2D eigenvalue weighted by Gasteiger charge is 2.20. The molecule has 1 aliphatic rings. The van der Waals surface area contributed by atoms with Gasteiger partial charge in [-0.25, -0.2) is 0 Å². The molecule has 0 bridgehead atoms. The van der Waals surface area contributed by atoms with Crippen LogP contribution >= 0.6 is 0 Å². The fourth-order valence-electron chi connectivity index (χ4n) is 1.46. The van der Waals surface area contributed by atoms with Crippen molar-refractivity contribution in [1.29, 1.82) is 0 Å². The molecule has 0 aromatic rings. The third-order valence-corrected chi connectivity index (χ3v) is 2.20. The summed E-state index contributed by atoms with van der Waals surface area (Å²) in [4.78, 5) is 14.4. The van der Waals surface area contributed by atoms with Crippen LogP contribution in [-0.4, -0.2) is 11.2 Å². The number of hydrogen-bond acceptors (Lipinski definition) is 3. The molecule has 0 aromatic carbocycles. The molecule has 11 heavy (non-hydrogen) atoms. The Kier molecular flexibility index (Phi) is 2.68. The first-order valence-electron chi connectivity index (χ1n) is 3.99. The average molecular weight is 159 g/mol. The van der Waals surface area contributed by atoms with Crippen molar-refractivity contribution < 1.29 is 9.92 Å². The van der Waals surface area contributed by atoms with Crippen LogP contribution in [0.25, 0.3) is 0 Å². The van der Waals surface area contributed by atoms with Crippen molar-refractivity contribution in [2.45, 2.75) is 38.7 Å². The molecule has 0 heterocycles. The SMILES string of the molecule is CC1CCC(O[N+](=O)[O-])CC1. The highest BCUT2D eigenvalue weighted by Crippen LogP contribution is 2.25. The molecule has 4 heteroatoms. The van der Waals surface area contributed by atoms with Crippen molar-refractivity contribution in [3.63, 3.8) is 0 Å². The van der Waals surface area contributed by atoms with E-state index in [0.29, 0.717) is 5.92 Å². The molecule has 0 unspecified atom stereocenters. The fraction of sp³-hybridized carbons (Fsp3) is 1.00. The van der Waals surface area contributed by atoms with Gasteiger partial charge in [0, 0.05) is 0 Å². The summed E-state index contributed by atoms with van der Waals surface area (Å²) in [5.74, 6) is 0.710. The predicted octanol–water partition coefficient (Wildman–Crippen LogP) is 1.77. The molecule has 64 valence electrons. The maximum atomic E-state index is 9.93. The van der Waals surface area contributed by atoms with Crippen molar-refractivity contribution >= 4 is 0 Å². The predicted molar refractivity (Wildman–Crippen MR) is 39.5 cm³/mol. The van der Waals surface area contributed by atoms with Crippen LogP contribution in [0, 0.1) is 16.0 Å². The molecule has 1 saturated carbocycles. The van der Waals surface area contributed by atoms with Gasteiger partial charge in [-0.2, -0.15) is 0 Å². The molecule has 0 aromatic heterocycles. The van der Waals surface area contributed by atoms with Gasteiger partial charge in [-0.1, -0.05) is 6.92 Å². The van der Waals surface area contributed by atoms with Gasteiger partial charge in [0.2, 0.25) is 0 Å².